The van der Waals surface area contributed by atoms with Crippen molar-refractivity contribution in [2.75, 3.05) is 4.90 Å². The number of nitriles is 2. The van der Waals surface area contributed by atoms with Crippen molar-refractivity contribution in [3.05, 3.63) is 148 Å². The molecule has 6 aromatic rings. The van der Waals surface area contributed by atoms with Crippen LogP contribution in [0.4, 0.5) is 17.1 Å². The molecule has 0 heterocycles. The average molecular weight is 580 g/mol. The van der Waals surface area contributed by atoms with Crippen LogP contribution in [0.15, 0.2) is 103 Å². The molecule has 0 N–H and O–H groups in total. The van der Waals surface area contributed by atoms with Crippen LogP contribution in [0.3, 0.4) is 0 Å². The molecule has 0 atom stereocenters. The fourth-order valence-electron chi connectivity index (χ4n) is 6.73. The van der Waals surface area contributed by atoms with Gasteiger partial charge in [0.05, 0.1) is 11.1 Å². The molecule has 0 spiro atoms. The van der Waals surface area contributed by atoms with E-state index in [1.54, 1.807) is 0 Å². The fraction of sp³-hybridized carbons (Fsp3) is 0.143. The molecule has 3 heteroatoms. The number of hydrogen-bond acceptors (Lipinski definition) is 3. The van der Waals surface area contributed by atoms with E-state index in [-0.39, 0.29) is 0 Å². The van der Waals surface area contributed by atoms with Crippen molar-refractivity contribution < 1.29 is 0 Å². The van der Waals surface area contributed by atoms with Crippen molar-refractivity contribution >= 4 is 50.8 Å². The van der Waals surface area contributed by atoms with Crippen LogP contribution < -0.4 is 4.90 Å². The van der Waals surface area contributed by atoms with Crippen LogP contribution in [-0.2, 0) is 12.8 Å². The highest BCUT2D eigenvalue weighted by Crippen LogP contribution is 2.40. The van der Waals surface area contributed by atoms with E-state index in [4.69, 9.17) is 0 Å². The van der Waals surface area contributed by atoms with Crippen molar-refractivity contribution in [1.29, 1.82) is 10.5 Å². The molecule has 1 aliphatic carbocycles. The lowest BCUT2D eigenvalue weighted by atomic mass is 9.90. The zero-order valence-electron chi connectivity index (χ0n) is 25.6. The second-order valence-corrected chi connectivity index (χ2v) is 12.0. The Morgan fingerprint density at radius 1 is 0.578 bits per heavy atom. The summed E-state index contributed by atoms with van der Waals surface area (Å²) >= 11 is 0. The maximum atomic E-state index is 9.94. The van der Waals surface area contributed by atoms with Crippen LogP contribution in [0.1, 0.15) is 57.3 Å². The molecule has 0 aliphatic heterocycles. The summed E-state index contributed by atoms with van der Waals surface area (Å²) in [5.41, 5.74) is 11.9. The predicted molar refractivity (Wildman–Crippen MR) is 187 cm³/mol. The van der Waals surface area contributed by atoms with Crippen LogP contribution in [0, 0.1) is 36.5 Å². The molecule has 45 heavy (non-hydrogen) atoms. The van der Waals surface area contributed by atoms with Gasteiger partial charge in [0.1, 0.15) is 12.1 Å². The van der Waals surface area contributed by atoms with E-state index in [0.29, 0.717) is 11.1 Å². The Labute approximate surface area is 264 Å². The Kier molecular flexibility index (Phi) is 7.38. The van der Waals surface area contributed by atoms with Gasteiger partial charge >= 0.3 is 0 Å². The SMILES string of the molecule is Cc1ccc(N(c2ccc(C=Cc3ccc4c(C#N)c(C#N)c5ccc(C)cc5c4c3)cc2)c2cccc3c2CCCC3)cc1. The molecule has 0 bridgehead atoms. The maximum absolute atomic E-state index is 9.94. The summed E-state index contributed by atoms with van der Waals surface area (Å²) in [6, 6.07) is 41.1. The molecule has 7 rings (SSSR count). The van der Waals surface area contributed by atoms with E-state index in [2.05, 4.69) is 122 Å². The highest BCUT2D eigenvalue weighted by molar-refractivity contribution is 6.13. The third-order valence-electron chi connectivity index (χ3n) is 9.04. The average Bonchev–Trinajstić information content (AvgIpc) is 3.08. The van der Waals surface area contributed by atoms with Crippen molar-refractivity contribution in [3.8, 4) is 12.1 Å². The number of aryl methyl sites for hydroxylation is 3. The van der Waals surface area contributed by atoms with Gasteiger partial charge in [-0.1, -0.05) is 90.0 Å². The molecule has 0 radical (unpaired) electrons. The third kappa shape index (κ3) is 5.24. The number of nitrogens with zero attached hydrogens (tertiary/aromatic N) is 3. The Morgan fingerprint density at radius 3 is 1.87 bits per heavy atom. The van der Waals surface area contributed by atoms with Crippen LogP contribution in [0.2, 0.25) is 0 Å². The van der Waals surface area contributed by atoms with E-state index >= 15 is 0 Å². The summed E-state index contributed by atoms with van der Waals surface area (Å²) < 4.78 is 0. The zero-order chi connectivity index (χ0) is 30.9. The number of rotatable bonds is 5. The molecule has 0 amide bonds. The predicted octanol–water partition coefficient (Wildman–Crippen LogP) is 10.9. The van der Waals surface area contributed by atoms with Crippen molar-refractivity contribution in [3.63, 3.8) is 0 Å². The van der Waals surface area contributed by atoms with Crippen LogP contribution in [0.5, 0.6) is 0 Å². The van der Waals surface area contributed by atoms with Crippen molar-refractivity contribution in [2.45, 2.75) is 39.5 Å². The summed E-state index contributed by atoms with van der Waals surface area (Å²) in [6.07, 6.45) is 9.01. The minimum atomic E-state index is 0.438. The molecule has 0 unspecified atom stereocenters. The third-order valence-corrected chi connectivity index (χ3v) is 9.04. The van der Waals surface area contributed by atoms with E-state index in [1.165, 1.54) is 35.2 Å². The molecule has 0 fully saturated rings. The van der Waals surface area contributed by atoms with Gasteiger partial charge in [0.15, 0.2) is 0 Å². The van der Waals surface area contributed by atoms with Gasteiger partial charge in [-0.3, -0.25) is 0 Å². The quantitative estimate of drug-likeness (QED) is 0.151. The lowest BCUT2D eigenvalue weighted by Gasteiger charge is -2.30. The normalized spacial score (nSPS) is 12.6. The molecule has 216 valence electrons. The summed E-state index contributed by atoms with van der Waals surface area (Å²) in [5.74, 6) is 0. The molecular formula is C42H33N3. The minimum Gasteiger partial charge on any atom is -0.310 e. The lowest BCUT2D eigenvalue weighted by Crippen LogP contribution is -2.15. The Balaban J connectivity index is 1.25. The van der Waals surface area contributed by atoms with Crippen LogP contribution >= 0.6 is 0 Å². The lowest BCUT2D eigenvalue weighted by molar-refractivity contribution is 0.686. The highest BCUT2D eigenvalue weighted by atomic mass is 15.1. The van der Waals surface area contributed by atoms with E-state index in [9.17, 15) is 10.5 Å². The van der Waals surface area contributed by atoms with Crippen molar-refractivity contribution in [2.24, 2.45) is 0 Å². The number of anilines is 3. The Morgan fingerprint density at radius 2 is 1.16 bits per heavy atom. The molecular weight excluding hydrogens is 546 g/mol. The van der Waals surface area contributed by atoms with Gasteiger partial charge in [0, 0.05) is 27.8 Å². The number of hydrogen-bond donors (Lipinski definition) is 0. The van der Waals surface area contributed by atoms with E-state index in [0.717, 1.165) is 62.5 Å². The minimum absolute atomic E-state index is 0.438. The first-order valence-electron chi connectivity index (χ1n) is 15.6. The van der Waals surface area contributed by atoms with Gasteiger partial charge in [-0.25, -0.2) is 0 Å². The van der Waals surface area contributed by atoms with Gasteiger partial charge in [-0.15, -0.1) is 0 Å². The van der Waals surface area contributed by atoms with Crippen LogP contribution in [0.25, 0.3) is 33.7 Å². The van der Waals surface area contributed by atoms with E-state index < -0.39 is 0 Å². The van der Waals surface area contributed by atoms with Gasteiger partial charge in [0.25, 0.3) is 0 Å². The maximum Gasteiger partial charge on any atom is 0.101 e. The number of benzene rings is 6. The van der Waals surface area contributed by atoms with Gasteiger partial charge in [-0.2, -0.15) is 10.5 Å². The summed E-state index contributed by atoms with van der Waals surface area (Å²) in [7, 11) is 0. The first-order chi connectivity index (χ1) is 22.0. The Bertz CT molecular complexity index is 2190. The molecule has 6 aromatic carbocycles. The number of fused-ring (bicyclic) bond motifs is 4. The highest BCUT2D eigenvalue weighted by Gasteiger charge is 2.20. The summed E-state index contributed by atoms with van der Waals surface area (Å²) in [4.78, 5) is 2.40. The smallest absolute Gasteiger partial charge is 0.101 e. The van der Waals surface area contributed by atoms with Gasteiger partial charge in [0.2, 0.25) is 0 Å². The van der Waals surface area contributed by atoms with Crippen LogP contribution in [-0.4, -0.2) is 0 Å². The van der Waals surface area contributed by atoms with Gasteiger partial charge in [-0.05, 0) is 109 Å². The van der Waals surface area contributed by atoms with E-state index in [1.807, 2.05) is 24.3 Å². The topological polar surface area (TPSA) is 50.8 Å². The first kappa shape index (κ1) is 28.1. The zero-order valence-corrected chi connectivity index (χ0v) is 25.6. The fourth-order valence-corrected chi connectivity index (χ4v) is 6.73. The van der Waals surface area contributed by atoms with Gasteiger partial charge < -0.3 is 4.90 Å². The first-order valence-corrected chi connectivity index (χ1v) is 15.6. The Hall–Kier alpha value is -5.64. The molecule has 3 nitrogen and oxygen atoms in total. The molecule has 0 aromatic heterocycles. The van der Waals surface area contributed by atoms with Crippen molar-refractivity contribution in [1.82, 2.24) is 0 Å². The molecule has 0 saturated carbocycles. The molecule has 0 saturated heterocycles. The second-order valence-electron chi connectivity index (χ2n) is 12.0. The monoisotopic (exact) mass is 579 g/mol. The molecule has 1 aliphatic rings. The largest absolute Gasteiger partial charge is 0.310 e. The standard InChI is InChI=1S/C42H33N3/c1-28-10-18-33(19-11-28)45(42-9-5-7-32-6-3-4-8-35(32)42)34-20-15-30(16-21-34)13-14-31-17-23-37-39(25-31)38-24-29(2)12-22-36(38)40(26-43)41(37)27-44/h5,7,9-25H,3-4,6,8H2,1-2H3. The summed E-state index contributed by atoms with van der Waals surface area (Å²) in [5, 5.41) is 23.4. The summed E-state index contributed by atoms with van der Waals surface area (Å²) in [6.45, 7) is 4.18. The second kappa shape index (κ2) is 11.8.